The Kier molecular flexibility index (Phi) is 4.13. The molecule has 0 aliphatic carbocycles. The minimum absolute atomic E-state index is 0.00477. The molecule has 0 atom stereocenters. The summed E-state index contributed by atoms with van der Waals surface area (Å²) in [5, 5.41) is 3.00. The fourth-order valence-electron chi connectivity index (χ4n) is 2.01. The van der Waals surface area contributed by atoms with Gasteiger partial charge in [-0.2, -0.15) is 0 Å². The summed E-state index contributed by atoms with van der Waals surface area (Å²) < 4.78 is 24.9. The lowest BCUT2D eigenvalue weighted by atomic mass is 10.1. The largest absolute Gasteiger partial charge is 0.350 e. The van der Waals surface area contributed by atoms with Crippen LogP contribution in [0.3, 0.4) is 0 Å². The summed E-state index contributed by atoms with van der Waals surface area (Å²) in [7, 11) is 0. The Balaban J connectivity index is 1.63. The van der Waals surface area contributed by atoms with E-state index in [4.69, 9.17) is 0 Å². The van der Waals surface area contributed by atoms with Gasteiger partial charge in [0.15, 0.2) is 0 Å². The van der Waals surface area contributed by atoms with Crippen LogP contribution in [0.2, 0.25) is 0 Å². The van der Waals surface area contributed by atoms with Gasteiger partial charge < -0.3 is 15.3 Å². The number of anilines is 1. The number of hydrogen-bond donors (Lipinski definition) is 3. The number of alkyl halides is 2. The Hall–Kier alpha value is -3.03. The molecule has 3 rings (SSSR count). The number of imidazole rings is 1. The maximum absolute atomic E-state index is 12.5. The third-order valence-electron chi connectivity index (χ3n) is 3.24. The van der Waals surface area contributed by atoms with Crippen LogP contribution in [-0.2, 0) is 6.54 Å². The van der Waals surface area contributed by atoms with Crippen molar-refractivity contribution in [2.45, 2.75) is 13.0 Å². The number of H-pyrrole nitrogens is 2. The molecule has 3 aromatic rings. The van der Waals surface area contributed by atoms with Gasteiger partial charge in [0, 0.05) is 36.3 Å². The third kappa shape index (κ3) is 3.60. The van der Waals surface area contributed by atoms with Gasteiger partial charge >= 0.3 is 5.69 Å². The van der Waals surface area contributed by atoms with Crippen LogP contribution in [0.4, 0.5) is 14.7 Å². The molecule has 0 radical (unpaired) electrons. The molecule has 8 heteroatoms. The quantitative estimate of drug-likeness (QED) is 0.675. The molecule has 0 amide bonds. The zero-order valence-electron chi connectivity index (χ0n) is 11.9. The predicted octanol–water partition coefficient (Wildman–Crippen LogP) is 2.71. The minimum Gasteiger partial charge on any atom is -0.350 e. The summed E-state index contributed by atoms with van der Waals surface area (Å²) >= 11 is 0. The first kappa shape index (κ1) is 14.9. The summed E-state index contributed by atoms with van der Waals surface area (Å²) in [5.41, 5.74) is 1.82. The van der Waals surface area contributed by atoms with E-state index in [1.165, 1.54) is 12.1 Å². The van der Waals surface area contributed by atoms with Crippen molar-refractivity contribution in [2.24, 2.45) is 0 Å². The second-order valence-electron chi connectivity index (χ2n) is 4.85. The molecular weight excluding hydrogens is 304 g/mol. The standard InChI is InChI=1S/C15H13F2N5O/c16-13(17)10-3-1-9(2-4-10)5-18-14-19-6-11(7-20-14)12-8-21-15(23)22-12/h1-4,6-8,13H,5H2,(H,18,19,20)(H2,21,22,23). The van der Waals surface area contributed by atoms with Crippen LogP contribution in [0.1, 0.15) is 17.6 Å². The minimum atomic E-state index is -2.47. The molecule has 0 saturated carbocycles. The van der Waals surface area contributed by atoms with E-state index in [0.717, 1.165) is 5.56 Å². The van der Waals surface area contributed by atoms with Crippen LogP contribution in [0, 0.1) is 0 Å². The zero-order chi connectivity index (χ0) is 16.2. The monoisotopic (exact) mass is 317 g/mol. The van der Waals surface area contributed by atoms with E-state index in [0.29, 0.717) is 23.8 Å². The van der Waals surface area contributed by atoms with Gasteiger partial charge in [-0.1, -0.05) is 24.3 Å². The van der Waals surface area contributed by atoms with Gasteiger partial charge in [0.05, 0.1) is 5.69 Å². The number of aromatic nitrogens is 4. The molecule has 2 aromatic heterocycles. The normalized spacial score (nSPS) is 10.9. The maximum atomic E-state index is 12.5. The number of benzene rings is 1. The summed E-state index contributed by atoms with van der Waals surface area (Å²) in [4.78, 5) is 24.5. The van der Waals surface area contributed by atoms with Crippen LogP contribution in [0.15, 0.2) is 47.7 Å². The van der Waals surface area contributed by atoms with E-state index in [1.54, 1.807) is 30.7 Å². The van der Waals surface area contributed by atoms with Crippen molar-refractivity contribution >= 4 is 5.95 Å². The number of aromatic amines is 2. The molecule has 0 aliphatic heterocycles. The predicted molar refractivity (Wildman–Crippen MR) is 81.2 cm³/mol. The lowest BCUT2D eigenvalue weighted by molar-refractivity contribution is 0.151. The molecule has 1 aromatic carbocycles. The van der Waals surface area contributed by atoms with Gasteiger partial charge in [-0.15, -0.1) is 0 Å². The molecule has 3 N–H and O–H groups in total. The number of nitrogens with zero attached hydrogens (tertiary/aromatic N) is 2. The van der Waals surface area contributed by atoms with Crippen molar-refractivity contribution in [2.75, 3.05) is 5.32 Å². The highest BCUT2D eigenvalue weighted by Gasteiger charge is 2.06. The summed E-state index contributed by atoms with van der Waals surface area (Å²) in [6, 6.07) is 6.06. The smallest absolute Gasteiger partial charge is 0.323 e. The van der Waals surface area contributed by atoms with Gasteiger partial charge in [0.25, 0.3) is 6.43 Å². The van der Waals surface area contributed by atoms with Gasteiger partial charge in [0.2, 0.25) is 5.95 Å². The number of nitrogens with one attached hydrogen (secondary N) is 3. The topological polar surface area (TPSA) is 86.5 Å². The Labute approximate surface area is 129 Å². The number of rotatable bonds is 5. The first-order chi connectivity index (χ1) is 11.1. The Bertz CT molecular complexity index is 824. The van der Waals surface area contributed by atoms with Crippen molar-refractivity contribution in [1.29, 1.82) is 0 Å². The summed E-state index contributed by atoms with van der Waals surface area (Å²) in [6.45, 7) is 0.420. The van der Waals surface area contributed by atoms with E-state index in [1.807, 2.05) is 0 Å². The average Bonchev–Trinajstić information content (AvgIpc) is 3.00. The second kappa shape index (κ2) is 6.39. The highest BCUT2D eigenvalue weighted by atomic mass is 19.3. The van der Waals surface area contributed by atoms with Gasteiger partial charge in [-0.25, -0.2) is 23.5 Å². The average molecular weight is 317 g/mol. The van der Waals surface area contributed by atoms with Gasteiger partial charge in [-0.05, 0) is 5.56 Å². The second-order valence-corrected chi connectivity index (χ2v) is 4.85. The lowest BCUT2D eigenvalue weighted by Crippen LogP contribution is -2.04. The molecule has 0 unspecified atom stereocenters. The Morgan fingerprint density at radius 3 is 2.39 bits per heavy atom. The summed E-state index contributed by atoms with van der Waals surface area (Å²) in [5.74, 6) is 0.407. The van der Waals surface area contributed by atoms with Crippen LogP contribution in [0.25, 0.3) is 11.3 Å². The Morgan fingerprint density at radius 1 is 1.13 bits per heavy atom. The fraction of sp³-hybridized carbons (Fsp3) is 0.133. The molecule has 0 spiro atoms. The number of hydrogen-bond acceptors (Lipinski definition) is 4. The molecule has 23 heavy (non-hydrogen) atoms. The van der Waals surface area contributed by atoms with Gasteiger partial charge in [0.1, 0.15) is 0 Å². The molecule has 0 fully saturated rings. The molecule has 6 nitrogen and oxygen atoms in total. The SMILES string of the molecule is O=c1[nH]cc(-c2cnc(NCc3ccc(C(F)F)cc3)nc2)[nH]1. The van der Waals surface area contributed by atoms with Crippen molar-refractivity contribution in [3.63, 3.8) is 0 Å². The molecule has 118 valence electrons. The molecule has 2 heterocycles. The highest BCUT2D eigenvalue weighted by Crippen LogP contribution is 2.19. The van der Waals surface area contributed by atoms with Crippen molar-refractivity contribution in [3.05, 3.63) is 64.5 Å². The van der Waals surface area contributed by atoms with E-state index in [9.17, 15) is 13.6 Å². The van der Waals surface area contributed by atoms with E-state index in [-0.39, 0.29) is 11.3 Å². The molecule has 0 bridgehead atoms. The van der Waals surface area contributed by atoms with E-state index >= 15 is 0 Å². The Morgan fingerprint density at radius 2 is 1.83 bits per heavy atom. The third-order valence-corrected chi connectivity index (χ3v) is 3.24. The van der Waals surface area contributed by atoms with Crippen LogP contribution >= 0.6 is 0 Å². The van der Waals surface area contributed by atoms with Crippen molar-refractivity contribution in [1.82, 2.24) is 19.9 Å². The lowest BCUT2D eigenvalue weighted by Gasteiger charge is -2.06. The highest BCUT2D eigenvalue weighted by molar-refractivity contribution is 5.56. The van der Waals surface area contributed by atoms with E-state index in [2.05, 4.69) is 25.3 Å². The molecule has 0 aliphatic rings. The first-order valence-electron chi connectivity index (χ1n) is 6.83. The maximum Gasteiger partial charge on any atom is 0.323 e. The fourth-order valence-corrected chi connectivity index (χ4v) is 2.01. The van der Waals surface area contributed by atoms with E-state index < -0.39 is 6.43 Å². The summed E-state index contributed by atoms with van der Waals surface area (Å²) in [6.07, 6.45) is 2.23. The van der Waals surface area contributed by atoms with Crippen LogP contribution < -0.4 is 11.0 Å². The molecule has 0 saturated heterocycles. The van der Waals surface area contributed by atoms with Crippen LogP contribution in [0.5, 0.6) is 0 Å². The first-order valence-corrected chi connectivity index (χ1v) is 6.83. The van der Waals surface area contributed by atoms with Crippen molar-refractivity contribution in [3.8, 4) is 11.3 Å². The van der Waals surface area contributed by atoms with Gasteiger partial charge in [-0.3, -0.25) is 0 Å². The number of halogens is 2. The van der Waals surface area contributed by atoms with Crippen molar-refractivity contribution < 1.29 is 8.78 Å². The molecular formula is C15H13F2N5O. The zero-order valence-corrected chi connectivity index (χ0v) is 11.9. The van der Waals surface area contributed by atoms with Crippen LogP contribution in [-0.4, -0.2) is 19.9 Å².